The number of nitrogens with zero attached hydrogens (tertiary/aromatic N) is 1. The highest BCUT2D eigenvalue weighted by Gasteiger charge is 2.45. The molecule has 2 rings (SSSR count). The Morgan fingerprint density at radius 1 is 1.32 bits per heavy atom. The van der Waals surface area contributed by atoms with Crippen molar-refractivity contribution in [3.05, 3.63) is 0 Å². The monoisotopic (exact) mass is 284 g/mol. The molecule has 0 aromatic heterocycles. The number of thioether (sulfide) groups is 1. The minimum Gasteiger partial charge on any atom is -0.342 e. The van der Waals surface area contributed by atoms with Gasteiger partial charge in [0.1, 0.15) is 12.1 Å². The van der Waals surface area contributed by atoms with Gasteiger partial charge in [0.15, 0.2) is 0 Å². The maximum atomic E-state index is 12.7. The molecule has 0 aromatic rings. The molecule has 4 nitrogen and oxygen atoms in total. The van der Waals surface area contributed by atoms with Gasteiger partial charge in [0.25, 0.3) is 0 Å². The van der Waals surface area contributed by atoms with Gasteiger partial charge >= 0.3 is 0 Å². The van der Waals surface area contributed by atoms with Crippen molar-refractivity contribution in [2.24, 2.45) is 5.92 Å². The Labute approximate surface area is 119 Å². The molecule has 4 atom stereocenters. The number of hydrogen-bond acceptors (Lipinski definition) is 3. The van der Waals surface area contributed by atoms with E-state index in [2.05, 4.69) is 11.6 Å². The van der Waals surface area contributed by atoms with Crippen molar-refractivity contribution in [3.63, 3.8) is 0 Å². The molecule has 0 aromatic carbocycles. The van der Waals surface area contributed by atoms with Crippen molar-refractivity contribution in [2.75, 3.05) is 6.26 Å². The minimum absolute atomic E-state index is 0.00921. The molecule has 108 valence electrons. The predicted octanol–water partition coefficient (Wildman–Crippen LogP) is 1.64. The van der Waals surface area contributed by atoms with Crippen LogP contribution in [0, 0.1) is 5.92 Å². The maximum Gasteiger partial charge on any atom is 0.246 e. The molecule has 2 amide bonds. The lowest BCUT2D eigenvalue weighted by Gasteiger charge is -2.43. The topological polar surface area (TPSA) is 49.4 Å². The molecule has 19 heavy (non-hydrogen) atoms. The molecule has 5 heteroatoms. The lowest BCUT2D eigenvalue weighted by molar-refractivity contribution is -0.152. The lowest BCUT2D eigenvalue weighted by atomic mass is 9.96. The Kier molecular flexibility index (Phi) is 4.43. The first kappa shape index (κ1) is 14.7. The summed E-state index contributed by atoms with van der Waals surface area (Å²) < 4.78 is 0. The van der Waals surface area contributed by atoms with Crippen LogP contribution in [0.15, 0.2) is 0 Å². The molecule has 1 N–H and O–H groups in total. The summed E-state index contributed by atoms with van der Waals surface area (Å²) in [5.74, 6) is 0.235. The van der Waals surface area contributed by atoms with E-state index in [9.17, 15) is 9.59 Å². The van der Waals surface area contributed by atoms with Crippen LogP contribution in [0.5, 0.6) is 0 Å². The van der Waals surface area contributed by atoms with Crippen molar-refractivity contribution in [1.82, 2.24) is 10.2 Å². The standard InChI is InChI=1S/C14H24N2O2S/c1-8(2)12-14(18)16(9(3)13(17)15-12)10-6-5-7-11(10)19-4/h8-12H,5-7H2,1-4H3,(H,15,17). The summed E-state index contributed by atoms with van der Waals surface area (Å²) in [7, 11) is 0. The molecule has 1 aliphatic heterocycles. The van der Waals surface area contributed by atoms with Gasteiger partial charge in [-0.05, 0) is 31.9 Å². The second-order valence-corrected chi connectivity index (χ2v) is 7.00. The highest BCUT2D eigenvalue weighted by atomic mass is 32.2. The van der Waals surface area contributed by atoms with E-state index in [1.807, 2.05) is 37.4 Å². The number of carbonyl (C=O) groups is 2. The summed E-state index contributed by atoms with van der Waals surface area (Å²) >= 11 is 1.82. The molecular weight excluding hydrogens is 260 g/mol. The Hall–Kier alpha value is -0.710. The zero-order valence-electron chi connectivity index (χ0n) is 12.2. The van der Waals surface area contributed by atoms with Crippen LogP contribution < -0.4 is 5.32 Å². The van der Waals surface area contributed by atoms with Crippen molar-refractivity contribution in [2.45, 2.75) is 63.4 Å². The zero-order chi connectivity index (χ0) is 14.2. The molecule has 2 aliphatic rings. The van der Waals surface area contributed by atoms with Crippen LogP contribution in [0.3, 0.4) is 0 Å². The van der Waals surface area contributed by atoms with Gasteiger partial charge in [-0.25, -0.2) is 0 Å². The van der Waals surface area contributed by atoms with Gasteiger partial charge in [0, 0.05) is 11.3 Å². The van der Waals surface area contributed by atoms with Crippen molar-refractivity contribution >= 4 is 23.6 Å². The van der Waals surface area contributed by atoms with Gasteiger partial charge in [-0.2, -0.15) is 11.8 Å². The smallest absolute Gasteiger partial charge is 0.246 e. The fourth-order valence-corrected chi connectivity index (χ4v) is 4.20. The molecule has 0 spiro atoms. The van der Waals surface area contributed by atoms with Crippen LogP contribution in [0.25, 0.3) is 0 Å². The number of rotatable bonds is 3. The van der Waals surface area contributed by atoms with Gasteiger partial charge in [0.2, 0.25) is 11.8 Å². The third-order valence-corrected chi connectivity index (χ3v) is 5.51. The first-order chi connectivity index (χ1) is 8.97. The van der Waals surface area contributed by atoms with Crippen LogP contribution in [-0.4, -0.2) is 46.3 Å². The van der Waals surface area contributed by atoms with E-state index >= 15 is 0 Å². The van der Waals surface area contributed by atoms with Gasteiger partial charge in [-0.15, -0.1) is 0 Å². The van der Waals surface area contributed by atoms with E-state index in [0.29, 0.717) is 5.25 Å². The van der Waals surface area contributed by atoms with Gasteiger partial charge in [-0.3, -0.25) is 9.59 Å². The minimum atomic E-state index is -0.355. The van der Waals surface area contributed by atoms with E-state index < -0.39 is 0 Å². The zero-order valence-corrected chi connectivity index (χ0v) is 13.0. The Morgan fingerprint density at radius 3 is 2.58 bits per heavy atom. The highest BCUT2D eigenvalue weighted by Crippen LogP contribution is 2.34. The van der Waals surface area contributed by atoms with Gasteiger partial charge in [-0.1, -0.05) is 20.3 Å². The SMILES string of the molecule is CSC1CCCC1N1C(=O)C(C(C)C)NC(=O)C1C. The van der Waals surface area contributed by atoms with Crippen LogP contribution in [0.1, 0.15) is 40.0 Å². The quantitative estimate of drug-likeness (QED) is 0.857. The molecule has 1 aliphatic carbocycles. The number of piperazine rings is 1. The average molecular weight is 284 g/mol. The first-order valence-electron chi connectivity index (χ1n) is 7.12. The average Bonchev–Trinajstić information content (AvgIpc) is 2.82. The highest BCUT2D eigenvalue weighted by molar-refractivity contribution is 7.99. The summed E-state index contributed by atoms with van der Waals surface area (Å²) in [6.45, 7) is 5.81. The van der Waals surface area contributed by atoms with E-state index in [4.69, 9.17) is 0 Å². The summed E-state index contributed by atoms with van der Waals surface area (Å²) in [5, 5.41) is 3.34. The molecule has 2 fully saturated rings. The van der Waals surface area contributed by atoms with Gasteiger partial charge < -0.3 is 10.2 Å². The largest absolute Gasteiger partial charge is 0.342 e. The summed E-state index contributed by atoms with van der Waals surface area (Å²) in [6, 6.07) is -0.461. The maximum absolute atomic E-state index is 12.7. The first-order valence-corrected chi connectivity index (χ1v) is 8.41. The normalized spacial score (nSPS) is 35.9. The van der Waals surface area contributed by atoms with E-state index in [0.717, 1.165) is 19.3 Å². The summed E-state index contributed by atoms with van der Waals surface area (Å²) in [5.41, 5.74) is 0. The second kappa shape index (κ2) is 5.73. The van der Waals surface area contributed by atoms with Crippen LogP contribution in [-0.2, 0) is 9.59 Å². The second-order valence-electron chi connectivity index (χ2n) is 5.92. The van der Waals surface area contributed by atoms with E-state index in [1.165, 1.54) is 0 Å². The number of hydrogen-bond donors (Lipinski definition) is 1. The van der Waals surface area contributed by atoms with Crippen LogP contribution >= 0.6 is 11.8 Å². The molecule has 0 bridgehead atoms. The number of nitrogens with one attached hydrogen (secondary N) is 1. The molecule has 1 heterocycles. The van der Waals surface area contributed by atoms with Crippen LogP contribution in [0.4, 0.5) is 0 Å². The van der Waals surface area contributed by atoms with Crippen molar-refractivity contribution < 1.29 is 9.59 Å². The molecule has 4 unspecified atom stereocenters. The molecule has 1 saturated carbocycles. The number of amides is 2. The fraction of sp³-hybridized carbons (Fsp3) is 0.857. The van der Waals surface area contributed by atoms with E-state index in [-0.39, 0.29) is 35.9 Å². The predicted molar refractivity (Wildman–Crippen MR) is 78.0 cm³/mol. The summed E-state index contributed by atoms with van der Waals surface area (Å²) in [4.78, 5) is 26.7. The van der Waals surface area contributed by atoms with Crippen molar-refractivity contribution in [3.8, 4) is 0 Å². The third-order valence-electron chi connectivity index (χ3n) is 4.36. The Bertz CT molecular complexity index is 372. The van der Waals surface area contributed by atoms with E-state index in [1.54, 1.807) is 0 Å². The fourth-order valence-electron chi connectivity index (χ4n) is 3.22. The third kappa shape index (κ3) is 2.62. The Morgan fingerprint density at radius 2 is 2.00 bits per heavy atom. The Balaban J connectivity index is 2.25. The molecular formula is C14H24N2O2S. The summed E-state index contributed by atoms with van der Waals surface area (Å²) in [6.07, 6.45) is 5.43. The van der Waals surface area contributed by atoms with Crippen LogP contribution in [0.2, 0.25) is 0 Å². The van der Waals surface area contributed by atoms with Crippen molar-refractivity contribution in [1.29, 1.82) is 0 Å². The molecule has 1 saturated heterocycles. The van der Waals surface area contributed by atoms with Gasteiger partial charge in [0.05, 0.1) is 0 Å². The number of carbonyl (C=O) groups excluding carboxylic acids is 2. The lowest BCUT2D eigenvalue weighted by Crippen LogP contribution is -2.66. The molecule has 0 radical (unpaired) electrons.